The van der Waals surface area contributed by atoms with E-state index in [0.717, 1.165) is 0 Å². The van der Waals surface area contributed by atoms with Crippen molar-refractivity contribution in [1.29, 1.82) is 0 Å². The van der Waals surface area contributed by atoms with Crippen molar-refractivity contribution in [3.05, 3.63) is 28.8 Å². The summed E-state index contributed by atoms with van der Waals surface area (Å²) in [7, 11) is 0. The lowest BCUT2D eigenvalue weighted by atomic mass is 10.0. The summed E-state index contributed by atoms with van der Waals surface area (Å²) in [4.78, 5) is 20.8. The highest BCUT2D eigenvalue weighted by Gasteiger charge is 2.04. The number of aromatic hydroxyl groups is 1. The third kappa shape index (κ3) is 1.34. The van der Waals surface area contributed by atoms with Crippen LogP contribution in [-0.4, -0.2) is 17.7 Å². The van der Waals surface area contributed by atoms with E-state index in [9.17, 15) is 9.59 Å². The first-order valence-corrected chi connectivity index (χ1v) is 3.43. The van der Waals surface area contributed by atoms with Crippen LogP contribution in [0.3, 0.4) is 0 Å². The highest BCUT2D eigenvalue weighted by molar-refractivity contribution is 5.86. The van der Waals surface area contributed by atoms with Gasteiger partial charge in [-0.2, -0.15) is 0 Å². The number of phenols is 1. The van der Waals surface area contributed by atoms with Crippen molar-refractivity contribution in [1.82, 2.24) is 0 Å². The zero-order valence-electron chi connectivity index (χ0n) is 6.57. The second-order valence-electron chi connectivity index (χ2n) is 2.48. The fraction of sp³-hybridized carbons (Fsp3) is 0.111. The fourth-order valence-corrected chi connectivity index (χ4v) is 0.988. The van der Waals surface area contributed by atoms with Gasteiger partial charge >= 0.3 is 0 Å². The molecule has 0 aliphatic carbocycles. The number of carbonyl (C=O) groups is 2. The molecule has 1 aromatic rings. The van der Waals surface area contributed by atoms with E-state index in [1.165, 1.54) is 12.1 Å². The molecule has 0 heterocycles. The molecule has 0 fully saturated rings. The molecule has 12 heavy (non-hydrogen) atoms. The molecule has 0 unspecified atom stereocenters. The van der Waals surface area contributed by atoms with Gasteiger partial charge in [0.2, 0.25) is 0 Å². The highest BCUT2D eigenvalue weighted by Crippen LogP contribution is 2.18. The summed E-state index contributed by atoms with van der Waals surface area (Å²) in [6.07, 6.45) is 1.23. The first kappa shape index (κ1) is 8.46. The molecule has 0 atom stereocenters. The number of hydrogen-bond acceptors (Lipinski definition) is 3. The van der Waals surface area contributed by atoms with Gasteiger partial charge in [-0.15, -0.1) is 0 Å². The minimum atomic E-state index is -0.0650. The fourth-order valence-electron chi connectivity index (χ4n) is 0.988. The van der Waals surface area contributed by atoms with Gasteiger partial charge in [0.05, 0.1) is 0 Å². The van der Waals surface area contributed by atoms with Crippen LogP contribution in [0.25, 0.3) is 0 Å². The van der Waals surface area contributed by atoms with E-state index < -0.39 is 0 Å². The number of aldehydes is 2. The number of benzene rings is 1. The summed E-state index contributed by atoms with van der Waals surface area (Å²) in [6.45, 7) is 1.66. The smallest absolute Gasteiger partial charge is 0.150 e. The Bertz CT molecular complexity index is 300. The monoisotopic (exact) mass is 164 g/mol. The van der Waals surface area contributed by atoms with E-state index in [4.69, 9.17) is 5.11 Å². The van der Waals surface area contributed by atoms with Gasteiger partial charge in [-0.05, 0) is 24.6 Å². The van der Waals surface area contributed by atoms with Gasteiger partial charge in [-0.25, -0.2) is 0 Å². The van der Waals surface area contributed by atoms with Crippen molar-refractivity contribution < 1.29 is 14.7 Å². The maximum Gasteiger partial charge on any atom is 0.150 e. The Labute approximate surface area is 69.6 Å². The minimum Gasteiger partial charge on any atom is -0.508 e. The topological polar surface area (TPSA) is 54.4 Å². The molecule has 3 nitrogen and oxygen atoms in total. The lowest BCUT2D eigenvalue weighted by Gasteiger charge is -2.02. The molecule has 3 heteroatoms. The summed E-state index contributed by atoms with van der Waals surface area (Å²) in [5.74, 6) is -0.0650. The Morgan fingerprint density at radius 3 is 1.92 bits per heavy atom. The van der Waals surface area contributed by atoms with Crippen molar-refractivity contribution in [2.75, 3.05) is 0 Å². The largest absolute Gasteiger partial charge is 0.508 e. The molecular formula is C9H8O3. The number of phenolic OH excluding ortho intramolecular Hbond substituents is 1. The molecular weight excluding hydrogens is 156 g/mol. The quantitative estimate of drug-likeness (QED) is 0.671. The molecule has 0 bridgehead atoms. The zero-order chi connectivity index (χ0) is 9.14. The molecule has 0 aromatic heterocycles. The predicted octanol–water partition coefficient (Wildman–Crippen LogP) is 1.33. The molecule has 62 valence electrons. The molecule has 0 aliphatic rings. The number of carbonyl (C=O) groups excluding carboxylic acids is 2. The van der Waals surface area contributed by atoms with E-state index in [-0.39, 0.29) is 5.75 Å². The van der Waals surface area contributed by atoms with Crippen molar-refractivity contribution in [3.63, 3.8) is 0 Å². The number of hydrogen-bond donors (Lipinski definition) is 1. The van der Waals surface area contributed by atoms with E-state index in [1.54, 1.807) is 6.92 Å². The van der Waals surface area contributed by atoms with Crippen LogP contribution in [0.2, 0.25) is 0 Å². The average Bonchev–Trinajstić information content (AvgIpc) is 2.08. The Balaban J connectivity index is 3.41. The van der Waals surface area contributed by atoms with Crippen LogP contribution in [0.15, 0.2) is 12.1 Å². The molecule has 0 amide bonds. The molecule has 0 spiro atoms. The lowest BCUT2D eigenvalue weighted by molar-refractivity contribution is 0.112. The van der Waals surface area contributed by atoms with E-state index in [2.05, 4.69) is 0 Å². The molecule has 0 aliphatic heterocycles. The SMILES string of the molecule is Cc1c(C=O)cc(O)cc1C=O. The van der Waals surface area contributed by atoms with Crippen LogP contribution in [0.1, 0.15) is 26.3 Å². The van der Waals surface area contributed by atoms with Gasteiger partial charge < -0.3 is 5.11 Å². The van der Waals surface area contributed by atoms with Crippen LogP contribution in [-0.2, 0) is 0 Å². The number of rotatable bonds is 2. The first-order valence-electron chi connectivity index (χ1n) is 3.43. The molecule has 0 radical (unpaired) electrons. The summed E-state index contributed by atoms with van der Waals surface area (Å²) in [5, 5.41) is 9.06. The van der Waals surface area contributed by atoms with Crippen LogP contribution >= 0.6 is 0 Å². The normalized spacial score (nSPS) is 9.42. The summed E-state index contributed by atoms with van der Waals surface area (Å²) < 4.78 is 0. The van der Waals surface area contributed by atoms with Gasteiger partial charge in [-0.1, -0.05) is 0 Å². The lowest BCUT2D eigenvalue weighted by Crippen LogP contribution is -1.92. The van der Waals surface area contributed by atoms with Crippen molar-refractivity contribution in [3.8, 4) is 5.75 Å². The molecule has 1 aromatic carbocycles. The maximum absolute atomic E-state index is 10.4. The highest BCUT2D eigenvalue weighted by atomic mass is 16.3. The minimum absolute atomic E-state index is 0.0650. The third-order valence-corrected chi connectivity index (χ3v) is 1.73. The molecule has 1 rings (SSSR count). The Morgan fingerprint density at radius 1 is 1.17 bits per heavy atom. The van der Waals surface area contributed by atoms with Gasteiger partial charge in [0.1, 0.15) is 18.3 Å². The first-order chi connectivity index (χ1) is 5.69. The standard InChI is InChI=1S/C9H8O3/c1-6-7(4-10)2-9(12)3-8(6)5-11/h2-5,12H,1H3. The Kier molecular flexibility index (Phi) is 2.24. The van der Waals surface area contributed by atoms with Crippen molar-refractivity contribution >= 4 is 12.6 Å². The van der Waals surface area contributed by atoms with Gasteiger partial charge in [0, 0.05) is 11.1 Å². The van der Waals surface area contributed by atoms with E-state index in [1.807, 2.05) is 0 Å². The molecule has 0 saturated heterocycles. The van der Waals surface area contributed by atoms with Gasteiger partial charge in [0.15, 0.2) is 0 Å². The average molecular weight is 164 g/mol. The summed E-state index contributed by atoms with van der Waals surface area (Å²) >= 11 is 0. The van der Waals surface area contributed by atoms with Gasteiger partial charge in [0.25, 0.3) is 0 Å². The molecule has 1 N–H and O–H groups in total. The molecule has 0 saturated carbocycles. The van der Waals surface area contributed by atoms with Crippen LogP contribution < -0.4 is 0 Å². The zero-order valence-corrected chi connectivity index (χ0v) is 6.57. The van der Waals surface area contributed by atoms with E-state index >= 15 is 0 Å². The Morgan fingerprint density at radius 2 is 1.58 bits per heavy atom. The summed E-state index contributed by atoms with van der Waals surface area (Å²) in [5.41, 5.74) is 1.28. The van der Waals surface area contributed by atoms with Crippen LogP contribution in [0.5, 0.6) is 5.75 Å². The van der Waals surface area contributed by atoms with Crippen LogP contribution in [0.4, 0.5) is 0 Å². The van der Waals surface area contributed by atoms with Crippen molar-refractivity contribution in [2.45, 2.75) is 6.92 Å². The predicted molar refractivity (Wildman–Crippen MR) is 43.6 cm³/mol. The van der Waals surface area contributed by atoms with Crippen LogP contribution in [0, 0.1) is 6.92 Å². The Hall–Kier alpha value is -1.64. The maximum atomic E-state index is 10.4. The third-order valence-electron chi connectivity index (χ3n) is 1.73. The van der Waals surface area contributed by atoms with E-state index in [0.29, 0.717) is 29.3 Å². The van der Waals surface area contributed by atoms with Gasteiger partial charge in [-0.3, -0.25) is 9.59 Å². The second kappa shape index (κ2) is 3.17. The summed E-state index contributed by atoms with van der Waals surface area (Å²) in [6, 6.07) is 2.66. The van der Waals surface area contributed by atoms with Crippen molar-refractivity contribution in [2.24, 2.45) is 0 Å². The second-order valence-corrected chi connectivity index (χ2v) is 2.48.